The first-order chi connectivity index (χ1) is 11.0. The summed E-state index contributed by atoms with van der Waals surface area (Å²) < 4.78 is 29.6. The Morgan fingerprint density at radius 1 is 1.30 bits per heavy atom. The maximum absolute atomic E-state index is 13.1. The Kier molecular flexibility index (Phi) is 3.10. The number of fused-ring (bicyclic) bond motifs is 2. The number of aromatic nitrogens is 2. The van der Waals surface area contributed by atoms with Crippen molar-refractivity contribution in [3.05, 3.63) is 42.4 Å². The van der Waals surface area contributed by atoms with Crippen LogP contribution in [0.4, 0.5) is 5.69 Å². The lowest BCUT2D eigenvalue weighted by molar-refractivity contribution is 0.529. The molecule has 6 heteroatoms. The fraction of sp³-hybridized carbons (Fsp3) is 0.471. The van der Waals surface area contributed by atoms with Gasteiger partial charge in [-0.25, -0.2) is 4.98 Å². The Hall–Kier alpha value is -1.82. The number of imidazole rings is 1. The van der Waals surface area contributed by atoms with Crippen LogP contribution in [0.25, 0.3) is 0 Å². The molecular formula is C17H21N3O2S. The molecule has 1 spiro atoms. The monoisotopic (exact) mass is 331 g/mol. The second-order valence-corrected chi connectivity index (χ2v) is 8.53. The van der Waals surface area contributed by atoms with E-state index in [0.717, 1.165) is 24.9 Å². The van der Waals surface area contributed by atoms with Gasteiger partial charge in [0.15, 0.2) is 5.03 Å². The molecule has 23 heavy (non-hydrogen) atoms. The Bertz CT molecular complexity index is 852. The van der Waals surface area contributed by atoms with Crippen molar-refractivity contribution in [1.82, 2.24) is 9.55 Å². The lowest BCUT2D eigenvalue weighted by atomic mass is 9.99. The predicted molar refractivity (Wildman–Crippen MR) is 89.1 cm³/mol. The Morgan fingerprint density at radius 2 is 2.04 bits per heavy atom. The highest BCUT2D eigenvalue weighted by Gasteiger charge is 2.54. The molecule has 0 radical (unpaired) electrons. The second kappa shape index (κ2) is 4.84. The lowest BCUT2D eigenvalue weighted by Gasteiger charge is -2.18. The average Bonchev–Trinajstić information content (AvgIpc) is 3.02. The summed E-state index contributed by atoms with van der Waals surface area (Å²) in [5.74, 6) is 0. The zero-order valence-corrected chi connectivity index (χ0v) is 14.3. The molecule has 0 saturated heterocycles. The van der Waals surface area contributed by atoms with Crippen molar-refractivity contribution in [2.24, 2.45) is 0 Å². The van der Waals surface area contributed by atoms with E-state index in [1.54, 1.807) is 16.8 Å². The van der Waals surface area contributed by atoms with Crippen molar-refractivity contribution >= 4 is 15.7 Å². The highest BCUT2D eigenvalue weighted by molar-refractivity contribution is 7.92. The van der Waals surface area contributed by atoms with Crippen LogP contribution in [0.2, 0.25) is 0 Å². The molecule has 1 aliphatic heterocycles. The van der Waals surface area contributed by atoms with E-state index in [-0.39, 0.29) is 16.5 Å². The van der Waals surface area contributed by atoms with Crippen LogP contribution in [0, 0.1) is 0 Å². The van der Waals surface area contributed by atoms with Gasteiger partial charge in [0.05, 0.1) is 12.0 Å². The highest BCUT2D eigenvalue weighted by atomic mass is 32.2. The van der Waals surface area contributed by atoms with Crippen LogP contribution >= 0.6 is 0 Å². The Labute approximate surface area is 137 Å². The molecule has 1 aromatic heterocycles. The first-order valence-corrected chi connectivity index (χ1v) is 9.58. The molecule has 1 saturated carbocycles. The third-order valence-electron chi connectivity index (χ3n) is 5.28. The van der Waals surface area contributed by atoms with E-state index in [0.29, 0.717) is 6.54 Å². The van der Waals surface area contributed by atoms with Crippen molar-refractivity contribution in [1.29, 1.82) is 0 Å². The highest BCUT2D eigenvalue weighted by Crippen LogP contribution is 2.57. The molecule has 1 aromatic carbocycles. The van der Waals surface area contributed by atoms with Gasteiger partial charge in [0.1, 0.15) is 0 Å². The van der Waals surface area contributed by atoms with Crippen molar-refractivity contribution in [3.8, 4) is 0 Å². The molecule has 0 unspecified atom stereocenters. The smallest absolute Gasteiger partial charge is 0.283 e. The minimum Gasteiger partial charge on any atom is -0.333 e. The quantitative estimate of drug-likeness (QED) is 0.865. The first-order valence-electron chi connectivity index (χ1n) is 8.14. The first kappa shape index (κ1) is 14.8. The number of para-hydroxylation sites is 1. The SMILES string of the molecule is CC[C@H](C)n1cnc(S(=O)(=O)N2CC3(CC3)c3ccccc32)c1. The lowest BCUT2D eigenvalue weighted by Crippen LogP contribution is -2.31. The van der Waals surface area contributed by atoms with Crippen LogP contribution in [0.3, 0.4) is 0 Å². The van der Waals surface area contributed by atoms with E-state index >= 15 is 0 Å². The van der Waals surface area contributed by atoms with Crippen LogP contribution in [0.5, 0.6) is 0 Å². The fourth-order valence-electron chi connectivity index (χ4n) is 3.39. The van der Waals surface area contributed by atoms with Gasteiger partial charge >= 0.3 is 0 Å². The van der Waals surface area contributed by atoms with Crippen molar-refractivity contribution < 1.29 is 8.42 Å². The molecular weight excluding hydrogens is 310 g/mol. The van der Waals surface area contributed by atoms with E-state index < -0.39 is 10.0 Å². The van der Waals surface area contributed by atoms with Crippen molar-refractivity contribution in [2.75, 3.05) is 10.8 Å². The molecule has 2 aliphatic rings. The largest absolute Gasteiger partial charge is 0.333 e. The van der Waals surface area contributed by atoms with Gasteiger partial charge in [-0.05, 0) is 37.8 Å². The Balaban J connectivity index is 1.74. The van der Waals surface area contributed by atoms with E-state index in [1.807, 2.05) is 22.8 Å². The molecule has 5 nitrogen and oxygen atoms in total. The third kappa shape index (κ3) is 2.11. The van der Waals surface area contributed by atoms with Crippen molar-refractivity contribution in [3.63, 3.8) is 0 Å². The van der Waals surface area contributed by atoms with Gasteiger partial charge < -0.3 is 4.57 Å². The minimum absolute atomic E-state index is 0.0446. The molecule has 122 valence electrons. The van der Waals surface area contributed by atoms with E-state index in [9.17, 15) is 8.42 Å². The summed E-state index contributed by atoms with van der Waals surface area (Å²) in [5, 5.41) is 0.144. The van der Waals surface area contributed by atoms with Gasteiger partial charge in [0.25, 0.3) is 10.0 Å². The van der Waals surface area contributed by atoms with Gasteiger partial charge in [-0.15, -0.1) is 0 Å². The average molecular weight is 331 g/mol. The number of hydrogen-bond acceptors (Lipinski definition) is 3. The molecule has 2 aromatic rings. The maximum Gasteiger partial charge on any atom is 0.283 e. The number of sulfonamides is 1. The van der Waals surface area contributed by atoms with Crippen LogP contribution in [-0.2, 0) is 15.4 Å². The van der Waals surface area contributed by atoms with Crippen LogP contribution in [0.15, 0.2) is 41.8 Å². The summed E-state index contributed by atoms with van der Waals surface area (Å²) in [4.78, 5) is 4.18. The number of hydrogen-bond donors (Lipinski definition) is 0. The number of benzene rings is 1. The fourth-order valence-corrected chi connectivity index (χ4v) is 4.89. The van der Waals surface area contributed by atoms with Crippen LogP contribution in [0.1, 0.15) is 44.7 Å². The summed E-state index contributed by atoms with van der Waals surface area (Å²) in [6.45, 7) is 4.68. The summed E-state index contributed by atoms with van der Waals surface area (Å²) in [6, 6.07) is 8.11. The standard InChI is InChI=1S/C17H21N3O2S/c1-3-13(2)19-10-16(18-12-19)23(21,22)20-11-17(8-9-17)14-6-4-5-7-15(14)20/h4-7,10,12-13H,3,8-9,11H2,1-2H3/t13-/m0/s1. The molecule has 1 atom stereocenters. The van der Waals surface area contributed by atoms with Gasteiger partial charge in [-0.2, -0.15) is 8.42 Å². The van der Waals surface area contributed by atoms with Gasteiger partial charge in [-0.1, -0.05) is 25.1 Å². The number of nitrogens with zero attached hydrogens (tertiary/aromatic N) is 3. The topological polar surface area (TPSA) is 55.2 Å². The summed E-state index contributed by atoms with van der Waals surface area (Å²) >= 11 is 0. The zero-order valence-electron chi connectivity index (χ0n) is 13.4. The van der Waals surface area contributed by atoms with Gasteiger partial charge in [0.2, 0.25) is 0 Å². The van der Waals surface area contributed by atoms with Gasteiger partial charge in [0, 0.05) is 24.2 Å². The van der Waals surface area contributed by atoms with Crippen LogP contribution < -0.4 is 4.31 Å². The predicted octanol–water partition coefficient (Wildman–Crippen LogP) is 3.09. The minimum atomic E-state index is -3.60. The van der Waals surface area contributed by atoms with E-state index in [4.69, 9.17) is 0 Å². The molecule has 0 bridgehead atoms. The summed E-state index contributed by atoms with van der Waals surface area (Å²) in [7, 11) is -3.60. The number of rotatable bonds is 4. The van der Waals surface area contributed by atoms with E-state index in [2.05, 4.69) is 24.9 Å². The molecule has 4 rings (SSSR count). The summed E-state index contributed by atoms with van der Waals surface area (Å²) in [5.41, 5.74) is 2.04. The third-order valence-corrected chi connectivity index (χ3v) is 6.92. The molecule has 0 N–H and O–H groups in total. The normalized spacial score (nSPS) is 19.8. The molecule has 2 heterocycles. The van der Waals surface area contributed by atoms with E-state index in [1.165, 1.54) is 5.56 Å². The number of anilines is 1. The Morgan fingerprint density at radius 3 is 2.74 bits per heavy atom. The molecule has 0 amide bonds. The second-order valence-electron chi connectivity index (χ2n) is 6.73. The maximum atomic E-state index is 13.1. The zero-order chi connectivity index (χ0) is 16.2. The van der Waals surface area contributed by atoms with Gasteiger partial charge in [-0.3, -0.25) is 4.31 Å². The van der Waals surface area contributed by atoms with Crippen LogP contribution in [-0.4, -0.2) is 24.5 Å². The molecule has 1 fully saturated rings. The summed E-state index contributed by atoms with van der Waals surface area (Å²) in [6.07, 6.45) is 6.35. The molecule has 1 aliphatic carbocycles. The van der Waals surface area contributed by atoms with Crippen molar-refractivity contribution in [2.45, 2.75) is 49.6 Å².